The Labute approximate surface area is 171 Å². The van der Waals surface area contributed by atoms with Crippen molar-refractivity contribution in [1.82, 2.24) is 9.78 Å². The summed E-state index contributed by atoms with van der Waals surface area (Å²) in [5, 5.41) is 8.46. The standard InChI is InChI=1S/C25H25N3O/c1-28-18-21(19-11-5-3-6-12-19)24(27-28)17-23(20-13-7-4-8-14-20)26-22-15-9-10-16-25(22)29-2/h3-16,18,23,26H,17H2,1-2H3. The van der Waals surface area contributed by atoms with E-state index in [1.807, 2.05) is 48.1 Å². The van der Waals surface area contributed by atoms with Crippen LogP contribution in [0.5, 0.6) is 5.75 Å². The molecule has 1 aromatic heterocycles. The number of rotatable bonds is 7. The topological polar surface area (TPSA) is 39.1 Å². The maximum absolute atomic E-state index is 5.55. The first-order valence-corrected chi connectivity index (χ1v) is 9.77. The van der Waals surface area contributed by atoms with E-state index in [1.54, 1.807) is 7.11 Å². The number of benzene rings is 3. The molecule has 0 fully saturated rings. The molecule has 3 aromatic carbocycles. The third kappa shape index (κ3) is 4.32. The van der Waals surface area contributed by atoms with Crippen LogP contribution in [0, 0.1) is 0 Å². The van der Waals surface area contributed by atoms with Crippen LogP contribution in [-0.2, 0) is 13.5 Å². The molecule has 0 radical (unpaired) electrons. The average molecular weight is 383 g/mol. The van der Waals surface area contributed by atoms with Crippen LogP contribution in [0.4, 0.5) is 5.69 Å². The Morgan fingerprint density at radius 3 is 2.28 bits per heavy atom. The fraction of sp³-hybridized carbons (Fsp3) is 0.160. The minimum Gasteiger partial charge on any atom is -0.495 e. The fourth-order valence-corrected chi connectivity index (χ4v) is 3.63. The molecule has 0 aliphatic carbocycles. The molecule has 0 spiro atoms. The van der Waals surface area contributed by atoms with Crippen molar-refractivity contribution in [3.8, 4) is 16.9 Å². The van der Waals surface area contributed by atoms with Gasteiger partial charge in [0.25, 0.3) is 0 Å². The van der Waals surface area contributed by atoms with Crippen molar-refractivity contribution in [2.45, 2.75) is 12.5 Å². The van der Waals surface area contributed by atoms with Crippen molar-refractivity contribution >= 4 is 5.69 Å². The molecule has 0 bridgehead atoms. The minimum absolute atomic E-state index is 0.0601. The van der Waals surface area contributed by atoms with Crippen LogP contribution in [0.1, 0.15) is 17.3 Å². The summed E-state index contributed by atoms with van der Waals surface area (Å²) in [6.45, 7) is 0. The number of hydrogen-bond acceptors (Lipinski definition) is 3. The number of anilines is 1. The van der Waals surface area contributed by atoms with Gasteiger partial charge in [0.15, 0.2) is 0 Å². The van der Waals surface area contributed by atoms with Gasteiger partial charge in [0.1, 0.15) is 5.75 Å². The van der Waals surface area contributed by atoms with Crippen molar-refractivity contribution in [1.29, 1.82) is 0 Å². The second-order valence-corrected chi connectivity index (χ2v) is 7.04. The Kier molecular flexibility index (Phi) is 5.61. The molecular formula is C25H25N3O. The van der Waals surface area contributed by atoms with Crippen molar-refractivity contribution in [2.24, 2.45) is 7.05 Å². The van der Waals surface area contributed by atoms with E-state index in [0.29, 0.717) is 0 Å². The lowest BCUT2D eigenvalue weighted by atomic mass is 9.97. The summed E-state index contributed by atoms with van der Waals surface area (Å²) in [5.74, 6) is 0.831. The molecule has 1 heterocycles. The molecule has 4 rings (SSSR count). The maximum atomic E-state index is 5.55. The Bertz CT molecular complexity index is 1060. The first-order valence-electron chi connectivity index (χ1n) is 9.77. The van der Waals surface area contributed by atoms with E-state index in [2.05, 4.69) is 60.0 Å². The van der Waals surface area contributed by atoms with Crippen LogP contribution in [0.2, 0.25) is 0 Å². The second kappa shape index (κ2) is 8.65. The summed E-state index contributed by atoms with van der Waals surface area (Å²) in [6, 6.07) is 29.0. The number of methoxy groups -OCH3 is 1. The van der Waals surface area contributed by atoms with Gasteiger partial charge in [-0.05, 0) is 23.3 Å². The van der Waals surface area contributed by atoms with Gasteiger partial charge in [-0.2, -0.15) is 5.10 Å². The summed E-state index contributed by atoms with van der Waals surface area (Å²) in [5.41, 5.74) is 5.59. The van der Waals surface area contributed by atoms with Crippen LogP contribution in [-0.4, -0.2) is 16.9 Å². The molecular weight excluding hydrogens is 358 g/mol. The number of para-hydroxylation sites is 2. The van der Waals surface area contributed by atoms with Crippen molar-refractivity contribution in [3.63, 3.8) is 0 Å². The Morgan fingerprint density at radius 2 is 1.55 bits per heavy atom. The van der Waals surface area contributed by atoms with Crippen molar-refractivity contribution in [2.75, 3.05) is 12.4 Å². The van der Waals surface area contributed by atoms with Gasteiger partial charge in [-0.3, -0.25) is 4.68 Å². The van der Waals surface area contributed by atoms with Gasteiger partial charge >= 0.3 is 0 Å². The number of hydrogen-bond donors (Lipinski definition) is 1. The highest BCUT2D eigenvalue weighted by molar-refractivity contribution is 5.65. The Hall–Kier alpha value is -3.53. The zero-order chi connectivity index (χ0) is 20.1. The largest absolute Gasteiger partial charge is 0.495 e. The highest BCUT2D eigenvalue weighted by atomic mass is 16.5. The fourth-order valence-electron chi connectivity index (χ4n) is 3.63. The quantitative estimate of drug-likeness (QED) is 0.458. The van der Waals surface area contributed by atoms with E-state index in [9.17, 15) is 0 Å². The van der Waals surface area contributed by atoms with Gasteiger partial charge in [0.05, 0.1) is 24.5 Å². The molecule has 0 aliphatic rings. The van der Waals surface area contributed by atoms with Gasteiger partial charge in [-0.1, -0.05) is 72.8 Å². The van der Waals surface area contributed by atoms with Crippen LogP contribution in [0.3, 0.4) is 0 Å². The molecule has 4 aromatic rings. The summed E-state index contributed by atoms with van der Waals surface area (Å²) >= 11 is 0. The molecule has 4 nitrogen and oxygen atoms in total. The number of nitrogens with zero attached hydrogens (tertiary/aromatic N) is 2. The van der Waals surface area contributed by atoms with Crippen molar-refractivity contribution < 1.29 is 4.74 Å². The molecule has 1 N–H and O–H groups in total. The highest BCUT2D eigenvalue weighted by Gasteiger charge is 2.19. The van der Waals surface area contributed by atoms with E-state index in [1.165, 1.54) is 11.1 Å². The molecule has 0 aliphatic heterocycles. The Balaban J connectivity index is 1.70. The summed E-state index contributed by atoms with van der Waals surface area (Å²) < 4.78 is 7.44. The van der Waals surface area contributed by atoms with Gasteiger partial charge in [-0.25, -0.2) is 0 Å². The minimum atomic E-state index is 0.0601. The Morgan fingerprint density at radius 1 is 0.897 bits per heavy atom. The predicted octanol–water partition coefficient (Wildman–Crippen LogP) is 5.49. The maximum Gasteiger partial charge on any atom is 0.141 e. The summed E-state index contributed by atoms with van der Waals surface area (Å²) in [6.07, 6.45) is 2.85. The van der Waals surface area contributed by atoms with E-state index < -0.39 is 0 Å². The summed E-state index contributed by atoms with van der Waals surface area (Å²) in [7, 11) is 3.67. The number of aromatic nitrogens is 2. The predicted molar refractivity (Wildman–Crippen MR) is 118 cm³/mol. The van der Waals surface area contributed by atoms with Gasteiger partial charge in [-0.15, -0.1) is 0 Å². The number of nitrogens with one attached hydrogen (secondary N) is 1. The van der Waals surface area contributed by atoms with E-state index in [0.717, 1.165) is 29.1 Å². The van der Waals surface area contributed by atoms with E-state index in [-0.39, 0.29) is 6.04 Å². The van der Waals surface area contributed by atoms with Crippen LogP contribution in [0.25, 0.3) is 11.1 Å². The third-order valence-corrected chi connectivity index (χ3v) is 5.03. The molecule has 0 saturated carbocycles. The van der Waals surface area contributed by atoms with Crippen LogP contribution in [0.15, 0.2) is 91.1 Å². The number of ether oxygens (including phenoxy) is 1. The molecule has 4 heteroatoms. The van der Waals surface area contributed by atoms with E-state index >= 15 is 0 Å². The molecule has 1 unspecified atom stereocenters. The molecule has 0 saturated heterocycles. The van der Waals surface area contributed by atoms with Crippen LogP contribution >= 0.6 is 0 Å². The van der Waals surface area contributed by atoms with Gasteiger partial charge < -0.3 is 10.1 Å². The number of aryl methyl sites for hydroxylation is 1. The van der Waals surface area contributed by atoms with E-state index in [4.69, 9.17) is 9.84 Å². The molecule has 146 valence electrons. The van der Waals surface area contributed by atoms with Crippen molar-refractivity contribution in [3.05, 3.63) is 102 Å². The lowest BCUT2D eigenvalue weighted by molar-refractivity contribution is 0.416. The second-order valence-electron chi connectivity index (χ2n) is 7.04. The first kappa shape index (κ1) is 18.8. The summed E-state index contributed by atoms with van der Waals surface area (Å²) in [4.78, 5) is 0. The lowest BCUT2D eigenvalue weighted by Crippen LogP contribution is -2.15. The molecule has 0 amide bonds. The van der Waals surface area contributed by atoms with Gasteiger partial charge in [0, 0.05) is 25.2 Å². The normalized spacial score (nSPS) is 11.8. The third-order valence-electron chi connectivity index (χ3n) is 5.03. The van der Waals surface area contributed by atoms with Crippen LogP contribution < -0.4 is 10.1 Å². The SMILES string of the molecule is COc1ccccc1NC(Cc1nn(C)cc1-c1ccccc1)c1ccccc1. The monoisotopic (exact) mass is 383 g/mol. The average Bonchev–Trinajstić information content (AvgIpc) is 3.15. The smallest absolute Gasteiger partial charge is 0.141 e. The highest BCUT2D eigenvalue weighted by Crippen LogP contribution is 2.32. The lowest BCUT2D eigenvalue weighted by Gasteiger charge is -2.22. The van der Waals surface area contributed by atoms with Gasteiger partial charge in [0.2, 0.25) is 0 Å². The molecule has 1 atom stereocenters. The zero-order valence-corrected chi connectivity index (χ0v) is 16.7. The first-order chi connectivity index (χ1) is 14.2. The zero-order valence-electron chi connectivity index (χ0n) is 16.7. The molecule has 29 heavy (non-hydrogen) atoms.